The fourth-order valence-electron chi connectivity index (χ4n) is 4.94. The minimum absolute atomic E-state index is 0.0262. The molecule has 0 radical (unpaired) electrons. The summed E-state index contributed by atoms with van der Waals surface area (Å²) in [6.07, 6.45) is -5.50. The number of benzene rings is 2. The smallest absolute Gasteiger partial charge is 0.424 e. The molecule has 3 N–H and O–H groups in total. The van der Waals surface area contributed by atoms with E-state index in [0.29, 0.717) is 6.07 Å². The molecule has 238 valence electrons. The average molecular weight is 640 g/mol. The Kier molecular flexibility index (Phi) is 8.35. The molecule has 2 aromatic carbocycles. The molecular formula is C30H24F7N3O5. The number of methoxy groups -OCH3 is 1. The summed E-state index contributed by atoms with van der Waals surface area (Å²) in [4.78, 5) is 21.0. The summed E-state index contributed by atoms with van der Waals surface area (Å²) in [5, 5.41) is 22.5. The van der Waals surface area contributed by atoms with Crippen LogP contribution in [0, 0.1) is 11.6 Å². The molecular weight excluding hydrogens is 615 g/mol. The maximum atomic E-state index is 14.6. The van der Waals surface area contributed by atoms with Crippen LogP contribution in [0.3, 0.4) is 0 Å². The molecule has 8 nitrogen and oxygen atoms in total. The summed E-state index contributed by atoms with van der Waals surface area (Å²) in [7, 11) is 1.21. The fraction of sp³-hybridized carbons (Fsp3) is 0.300. The minimum atomic E-state index is -5.50. The van der Waals surface area contributed by atoms with E-state index in [4.69, 9.17) is 9.47 Å². The molecule has 0 spiro atoms. The Labute approximate surface area is 250 Å². The maximum absolute atomic E-state index is 14.6. The average Bonchev–Trinajstić information content (AvgIpc) is 3.41. The third kappa shape index (κ3) is 5.50. The number of ether oxygens (including phenoxy) is 2. The number of halogens is 7. The standard InChI is InChI=1S/C30H24F7N3O5/c1-44-22-8-17(6-16-7-20(34)21(10-41)39-24(16)22)27(42)38-13-29(43,30(35,36)37)23-9-19-26(45-14-28(19,11-31)12-32)25(40-23)15-2-4-18(33)5-3-15/h2-9,41,43H,10-14H2,1H3,(H,38,42)/t29-/m0/s1. The second-order valence-corrected chi connectivity index (χ2v) is 10.4. The Morgan fingerprint density at radius 3 is 2.36 bits per heavy atom. The van der Waals surface area contributed by atoms with Gasteiger partial charge in [0.2, 0.25) is 5.60 Å². The number of carbonyl (C=O) groups excluding carboxylic acids is 1. The van der Waals surface area contributed by atoms with Gasteiger partial charge in [-0.05, 0) is 48.5 Å². The number of aromatic nitrogens is 2. The van der Waals surface area contributed by atoms with Crippen LogP contribution in [-0.2, 0) is 17.6 Å². The molecule has 1 atom stereocenters. The predicted molar refractivity (Wildman–Crippen MR) is 145 cm³/mol. The quantitative estimate of drug-likeness (QED) is 0.225. The van der Waals surface area contributed by atoms with Gasteiger partial charge in [-0.15, -0.1) is 0 Å². The SMILES string of the molecule is COc1cc(C(=O)NC[C@](O)(c2cc3c(c(-c4ccc(F)cc4)n2)OCC3(CF)CF)C(F)(F)F)cc2cc(F)c(CO)nc12. The Hall–Kier alpha value is -4.50. The van der Waals surface area contributed by atoms with Crippen LogP contribution < -0.4 is 14.8 Å². The van der Waals surface area contributed by atoms with Crippen molar-refractivity contribution in [3.8, 4) is 22.8 Å². The molecule has 1 aliphatic heterocycles. The highest BCUT2D eigenvalue weighted by Crippen LogP contribution is 2.48. The van der Waals surface area contributed by atoms with E-state index in [1.807, 2.05) is 5.32 Å². The van der Waals surface area contributed by atoms with Crippen LogP contribution in [-0.4, -0.2) is 65.9 Å². The zero-order valence-corrected chi connectivity index (χ0v) is 23.3. The first-order valence-electron chi connectivity index (χ1n) is 13.2. The van der Waals surface area contributed by atoms with Crippen molar-refractivity contribution in [2.75, 3.05) is 33.6 Å². The van der Waals surface area contributed by atoms with Gasteiger partial charge in [0, 0.05) is 22.1 Å². The number of aliphatic hydroxyl groups is 2. The third-order valence-electron chi connectivity index (χ3n) is 7.60. The van der Waals surface area contributed by atoms with Gasteiger partial charge in [0.15, 0.2) is 0 Å². The molecule has 1 amide bonds. The van der Waals surface area contributed by atoms with E-state index in [0.717, 1.165) is 30.3 Å². The monoisotopic (exact) mass is 639 g/mol. The summed E-state index contributed by atoms with van der Waals surface area (Å²) in [6, 6.07) is 8.17. The molecule has 0 saturated carbocycles. The molecule has 0 saturated heterocycles. The number of hydrogen-bond donors (Lipinski definition) is 3. The molecule has 2 aromatic heterocycles. The van der Waals surface area contributed by atoms with Crippen LogP contribution in [0.5, 0.6) is 11.5 Å². The van der Waals surface area contributed by atoms with E-state index in [1.54, 1.807) is 0 Å². The van der Waals surface area contributed by atoms with E-state index in [1.165, 1.54) is 19.2 Å². The van der Waals surface area contributed by atoms with Crippen molar-refractivity contribution in [2.45, 2.75) is 23.8 Å². The number of hydrogen-bond acceptors (Lipinski definition) is 7. The lowest BCUT2D eigenvalue weighted by Crippen LogP contribution is -2.51. The van der Waals surface area contributed by atoms with Crippen LogP contribution >= 0.6 is 0 Å². The highest BCUT2D eigenvalue weighted by Gasteiger charge is 2.57. The molecule has 5 rings (SSSR count). The van der Waals surface area contributed by atoms with Crippen molar-refractivity contribution in [2.24, 2.45) is 0 Å². The molecule has 15 heteroatoms. The number of pyridine rings is 2. The van der Waals surface area contributed by atoms with Gasteiger partial charge in [0.1, 0.15) is 60.0 Å². The zero-order valence-electron chi connectivity index (χ0n) is 23.3. The Balaban J connectivity index is 1.58. The van der Waals surface area contributed by atoms with Gasteiger partial charge in [0.05, 0.1) is 31.4 Å². The van der Waals surface area contributed by atoms with Gasteiger partial charge in [0.25, 0.3) is 5.91 Å². The molecule has 0 fully saturated rings. The number of carbonyl (C=O) groups is 1. The molecule has 0 unspecified atom stereocenters. The van der Waals surface area contributed by atoms with E-state index in [9.17, 15) is 45.7 Å². The van der Waals surface area contributed by atoms with Crippen LogP contribution in [0.4, 0.5) is 30.7 Å². The second kappa shape index (κ2) is 11.8. The van der Waals surface area contributed by atoms with Crippen molar-refractivity contribution >= 4 is 16.8 Å². The first kappa shape index (κ1) is 31.9. The van der Waals surface area contributed by atoms with Crippen molar-refractivity contribution in [3.63, 3.8) is 0 Å². The van der Waals surface area contributed by atoms with E-state index in [2.05, 4.69) is 9.97 Å². The number of nitrogens with zero attached hydrogens (tertiary/aromatic N) is 2. The fourth-order valence-corrected chi connectivity index (χ4v) is 4.94. The minimum Gasteiger partial charge on any atom is -0.494 e. The molecule has 1 aliphatic rings. The van der Waals surface area contributed by atoms with Gasteiger partial charge in [-0.25, -0.2) is 27.5 Å². The van der Waals surface area contributed by atoms with Crippen molar-refractivity contribution in [3.05, 3.63) is 82.7 Å². The first-order chi connectivity index (χ1) is 21.3. The zero-order chi connectivity index (χ0) is 32.7. The number of fused-ring (bicyclic) bond motifs is 2. The van der Waals surface area contributed by atoms with E-state index < -0.39 is 73.5 Å². The first-order valence-corrected chi connectivity index (χ1v) is 13.2. The topological polar surface area (TPSA) is 114 Å². The number of amides is 1. The summed E-state index contributed by atoms with van der Waals surface area (Å²) in [6.45, 7) is -5.53. The van der Waals surface area contributed by atoms with E-state index >= 15 is 0 Å². The second-order valence-electron chi connectivity index (χ2n) is 10.4. The number of aliphatic hydroxyl groups excluding tert-OH is 1. The normalized spacial score (nSPS) is 15.3. The number of rotatable bonds is 9. The van der Waals surface area contributed by atoms with Crippen molar-refractivity contribution < 1.29 is 55.2 Å². The highest BCUT2D eigenvalue weighted by atomic mass is 19.4. The van der Waals surface area contributed by atoms with E-state index in [-0.39, 0.29) is 50.5 Å². The lowest BCUT2D eigenvalue weighted by atomic mass is 9.82. The van der Waals surface area contributed by atoms with Crippen LogP contribution in [0.2, 0.25) is 0 Å². The van der Waals surface area contributed by atoms with Gasteiger partial charge in [-0.2, -0.15) is 13.2 Å². The van der Waals surface area contributed by atoms with Crippen LogP contribution in [0.25, 0.3) is 22.2 Å². The van der Waals surface area contributed by atoms with Crippen LogP contribution in [0.1, 0.15) is 27.3 Å². The number of alkyl halides is 5. The third-order valence-corrected chi connectivity index (χ3v) is 7.60. The van der Waals surface area contributed by atoms with Crippen molar-refractivity contribution in [1.29, 1.82) is 0 Å². The summed E-state index contributed by atoms with van der Waals surface area (Å²) >= 11 is 0. The molecule has 4 aromatic rings. The number of nitrogens with one attached hydrogen (secondary N) is 1. The lowest BCUT2D eigenvalue weighted by Gasteiger charge is -2.31. The molecule has 0 aliphatic carbocycles. The Morgan fingerprint density at radius 1 is 1.07 bits per heavy atom. The van der Waals surface area contributed by atoms with Crippen LogP contribution in [0.15, 0.2) is 48.5 Å². The summed E-state index contributed by atoms with van der Waals surface area (Å²) < 4.78 is 111. The summed E-state index contributed by atoms with van der Waals surface area (Å²) in [5.41, 5.74) is -8.18. The van der Waals surface area contributed by atoms with Crippen molar-refractivity contribution in [1.82, 2.24) is 15.3 Å². The molecule has 3 heterocycles. The highest BCUT2D eigenvalue weighted by molar-refractivity contribution is 6.00. The molecule has 0 bridgehead atoms. The van der Waals surface area contributed by atoms with Gasteiger partial charge in [-0.1, -0.05) is 0 Å². The van der Waals surface area contributed by atoms with Gasteiger partial charge in [-0.3, -0.25) is 4.79 Å². The summed E-state index contributed by atoms with van der Waals surface area (Å²) in [5.74, 6) is -3.02. The van der Waals surface area contributed by atoms with Gasteiger partial charge >= 0.3 is 6.18 Å². The Morgan fingerprint density at radius 2 is 1.76 bits per heavy atom. The Bertz CT molecular complexity index is 1760. The maximum Gasteiger partial charge on any atom is 0.424 e. The predicted octanol–water partition coefficient (Wildman–Crippen LogP) is 4.83. The van der Waals surface area contributed by atoms with Gasteiger partial charge < -0.3 is 25.0 Å². The largest absolute Gasteiger partial charge is 0.494 e. The lowest BCUT2D eigenvalue weighted by molar-refractivity contribution is -0.265. The molecule has 45 heavy (non-hydrogen) atoms.